The predicted molar refractivity (Wildman–Crippen MR) is 84.2 cm³/mol. The Morgan fingerprint density at radius 1 is 1.41 bits per heavy atom. The molecule has 2 rings (SSSR count). The van der Waals surface area contributed by atoms with E-state index < -0.39 is 0 Å². The van der Waals surface area contributed by atoms with Crippen LogP contribution >= 0.6 is 38.8 Å². The predicted octanol–water partition coefficient (Wildman–Crippen LogP) is 3.70. The largest absolute Gasteiger partial charge is 0.299 e. The molecule has 0 aliphatic carbocycles. The average Bonchev–Trinajstić information content (AvgIpc) is 2.29. The highest BCUT2D eigenvalue weighted by atomic mass is 127. The molecule has 0 N–H and O–H groups in total. The van der Waals surface area contributed by atoms with Gasteiger partial charge >= 0.3 is 0 Å². The number of rotatable bonds is 3. The van der Waals surface area contributed by atoms with Gasteiger partial charge in [0.05, 0.1) is 0 Å². The van der Waals surface area contributed by atoms with Gasteiger partial charge in [0.1, 0.15) is 0 Å². The number of hydrogen-bond acceptors (Lipinski definition) is 2. The SMILES string of the molecule is CN(Cc1cccc(Br)c1)C1CCN(I)CC1. The van der Waals surface area contributed by atoms with Gasteiger partial charge in [0.2, 0.25) is 0 Å². The van der Waals surface area contributed by atoms with Crippen molar-refractivity contribution < 1.29 is 0 Å². The Kier molecular flexibility index (Phi) is 5.26. The van der Waals surface area contributed by atoms with E-state index in [1.807, 2.05) is 0 Å². The molecule has 1 heterocycles. The lowest BCUT2D eigenvalue weighted by molar-refractivity contribution is 0.172. The van der Waals surface area contributed by atoms with Crippen LogP contribution in [0.25, 0.3) is 0 Å². The Bertz CT molecular complexity index is 364. The summed E-state index contributed by atoms with van der Waals surface area (Å²) >= 11 is 5.96. The van der Waals surface area contributed by atoms with E-state index >= 15 is 0 Å². The Labute approximate surface area is 126 Å². The van der Waals surface area contributed by atoms with Crippen molar-refractivity contribution in [2.24, 2.45) is 0 Å². The standard InChI is InChI=1S/C13H18BrIN2/c1-16(13-5-7-17(15)8-6-13)10-11-3-2-4-12(14)9-11/h2-4,9,13H,5-8,10H2,1H3. The number of halogens is 2. The van der Waals surface area contributed by atoms with Crippen LogP contribution in [0.3, 0.4) is 0 Å². The van der Waals surface area contributed by atoms with E-state index in [9.17, 15) is 0 Å². The topological polar surface area (TPSA) is 6.48 Å². The number of piperidine rings is 1. The zero-order valence-electron chi connectivity index (χ0n) is 10.1. The molecule has 1 aromatic rings. The lowest BCUT2D eigenvalue weighted by Crippen LogP contribution is -2.39. The highest BCUT2D eigenvalue weighted by Crippen LogP contribution is 2.20. The van der Waals surface area contributed by atoms with Gasteiger partial charge in [-0.15, -0.1) is 0 Å². The van der Waals surface area contributed by atoms with Gasteiger partial charge in [-0.2, -0.15) is 0 Å². The molecule has 0 saturated carbocycles. The van der Waals surface area contributed by atoms with Crippen LogP contribution in [0.1, 0.15) is 18.4 Å². The maximum absolute atomic E-state index is 3.53. The first kappa shape index (κ1) is 13.8. The quantitative estimate of drug-likeness (QED) is 0.555. The van der Waals surface area contributed by atoms with E-state index in [4.69, 9.17) is 0 Å². The van der Waals surface area contributed by atoms with E-state index in [1.54, 1.807) is 0 Å². The summed E-state index contributed by atoms with van der Waals surface area (Å²) in [5, 5.41) is 0. The number of hydrogen-bond donors (Lipinski definition) is 0. The summed E-state index contributed by atoms with van der Waals surface area (Å²) in [6.07, 6.45) is 2.57. The van der Waals surface area contributed by atoms with Gasteiger partial charge in [-0.25, -0.2) is 3.11 Å². The normalized spacial score (nSPS) is 18.8. The molecular weight excluding hydrogens is 391 g/mol. The minimum absolute atomic E-state index is 0.736. The minimum Gasteiger partial charge on any atom is -0.299 e. The summed E-state index contributed by atoms with van der Waals surface area (Å²) in [6, 6.07) is 9.34. The summed E-state index contributed by atoms with van der Waals surface area (Å²) < 4.78 is 3.56. The lowest BCUT2D eigenvalue weighted by Gasteiger charge is -2.34. The molecular formula is C13H18BrIN2. The Balaban J connectivity index is 1.90. The second kappa shape index (κ2) is 6.50. The van der Waals surface area contributed by atoms with Crippen molar-refractivity contribution in [1.82, 2.24) is 8.01 Å². The van der Waals surface area contributed by atoms with Gasteiger partial charge in [0, 0.05) is 53.0 Å². The van der Waals surface area contributed by atoms with Crippen molar-refractivity contribution in [2.75, 3.05) is 20.1 Å². The molecule has 0 atom stereocenters. The van der Waals surface area contributed by atoms with Crippen molar-refractivity contribution in [3.63, 3.8) is 0 Å². The molecule has 1 aliphatic heterocycles. The minimum atomic E-state index is 0.736. The van der Waals surface area contributed by atoms with E-state index in [-0.39, 0.29) is 0 Å². The zero-order valence-corrected chi connectivity index (χ0v) is 13.8. The second-order valence-corrected chi connectivity index (χ2v) is 6.97. The third kappa shape index (κ3) is 4.19. The van der Waals surface area contributed by atoms with E-state index in [0.29, 0.717) is 0 Å². The van der Waals surface area contributed by atoms with Crippen LogP contribution in [0.5, 0.6) is 0 Å². The van der Waals surface area contributed by atoms with E-state index in [2.05, 4.69) is 78.1 Å². The molecule has 4 heteroatoms. The Morgan fingerprint density at radius 2 is 2.12 bits per heavy atom. The third-order valence-corrected chi connectivity index (χ3v) is 4.81. The summed E-state index contributed by atoms with van der Waals surface area (Å²) in [6.45, 7) is 3.48. The summed E-state index contributed by atoms with van der Waals surface area (Å²) in [4.78, 5) is 2.49. The molecule has 0 radical (unpaired) electrons. The fourth-order valence-corrected chi connectivity index (χ4v) is 3.33. The van der Waals surface area contributed by atoms with Gasteiger partial charge in [-0.05, 0) is 37.6 Å². The molecule has 1 aromatic carbocycles. The first-order valence-corrected chi connectivity index (χ1v) is 7.76. The first-order chi connectivity index (χ1) is 8.15. The van der Waals surface area contributed by atoms with Crippen LogP contribution in [0.2, 0.25) is 0 Å². The molecule has 1 saturated heterocycles. The Hall–Kier alpha value is 0.350. The van der Waals surface area contributed by atoms with E-state index in [1.165, 1.54) is 36.0 Å². The summed E-state index contributed by atoms with van der Waals surface area (Å²) in [5.41, 5.74) is 1.39. The summed E-state index contributed by atoms with van der Waals surface area (Å²) in [5.74, 6) is 0. The smallest absolute Gasteiger partial charge is 0.0234 e. The van der Waals surface area contributed by atoms with Gasteiger partial charge in [-0.1, -0.05) is 28.1 Å². The van der Waals surface area contributed by atoms with Gasteiger partial charge in [0.15, 0.2) is 0 Å². The lowest BCUT2D eigenvalue weighted by atomic mass is 10.0. The average molecular weight is 409 g/mol. The van der Waals surface area contributed by atoms with Crippen LogP contribution in [0.15, 0.2) is 28.7 Å². The van der Waals surface area contributed by atoms with E-state index in [0.717, 1.165) is 12.6 Å². The highest BCUT2D eigenvalue weighted by molar-refractivity contribution is 14.1. The highest BCUT2D eigenvalue weighted by Gasteiger charge is 2.21. The molecule has 0 unspecified atom stereocenters. The number of nitrogens with zero attached hydrogens (tertiary/aromatic N) is 2. The zero-order chi connectivity index (χ0) is 12.3. The maximum atomic E-state index is 3.53. The van der Waals surface area contributed by atoms with Gasteiger partial charge in [-0.3, -0.25) is 4.90 Å². The van der Waals surface area contributed by atoms with Crippen molar-refractivity contribution in [3.05, 3.63) is 34.3 Å². The van der Waals surface area contributed by atoms with Crippen molar-refractivity contribution in [2.45, 2.75) is 25.4 Å². The van der Waals surface area contributed by atoms with Crippen molar-refractivity contribution >= 4 is 38.8 Å². The first-order valence-electron chi connectivity index (χ1n) is 6.00. The van der Waals surface area contributed by atoms with Gasteiger partial charge in [0.25, 0.3) is 0 Å². The molecule has 94 valence electrons. The summed E-state index contributed by atoms with van der Waals surface area (Å²) in [7, 11) is 2.24. The third-order valence-electron chi connectivity index (χ3n) is 3.35. The fraction of sp³-hybridized carbons (Fsp3) is 0.538. The monoisotopic (exact) mass is 408 g/mol. The van der Waals surface area contributed by atoms with Crippen molar-refractivity contribution in [1.29, 1.82) is 0 Å². The Morgan fingerprint density at radius 3 is 2.76 bits per heavy atom. The molecule has 0 spiro atoms. The van der Waals surface area contributed by atoms with Crippen LogP contribution in [-0.4, -0.2) is 34.2 Å². The molecule has 17 heavy (non-hydrogen) atoms. The molecule has 0 amide bonds. The fourth-order valence-electron chi connectivity index (χ4n) is 2.33. The maximum Gasteiger partial charge on any atom is 0.0234 e. The van der Waals surface area contributed by atoms with Gasteiger partial charge < -0.3 is 0 Å². The molecule has 2 nitrogen and oxygen atoms in total. The molecule has 1 aliphatic rings. The van der Waals surface area contributed by atoms with Crippen LogP contribution in [0.4, 0.5) is 0 Å². The molecule has 0 bridgehead atoms. The second-order valence-electron chi connectivity index (χ2n) is 4.69. The van der Waals surface area contributed by atoms with Crippen LogP contribution < -0.4 is 0 Å². The number of benzene rings is 1. The van der Waals surface area contributed by atoms with Crippen LogP contribution in [-0.2, 0) is 6.54 Å². The molecule has 1 fully saturated rings. The molecule has 0 aromatic heterocycles. The van der Waals surface area contributed by atoms with Crippen molar-refractivity contribution in [3.8, 4) is 0 Å². The van der Waals surface area contributed by atoms with Crippen LogP contribution in [0, 0.1) is 0 Å².